The van der Waals surface area contributed by atoms with E-state index in [1.165, 1.54) is 5.06 Å². The lowest BCUT2D eigenvalue weighted by molar-refractivity contribution is -0.124. The highest BCUT2D eigenvalue weighted by molar-refractivity contribution is 4.99. The van der Waals surface area contributed by atoms with Crippen LogP contribution in [0.1, 0.15) is 19.3 Å². The molecular formula is C7H11NO. The quantitative estimate of drug-likeness (QED) is 0.485. The van der Waals surface area contributed by atoms with Crippen molar-refractivity contribution in [2.75, 3.05) is 6.54 Å². The molecule has 1 saturated heterocycles. The van der Waals surface area contributed by atoms with E-state index in [-0.39, 0.29) is 6.04 Å². The minimum Gasteiger partial charge on any atom is -0.313 e. The second-order valence-electron chi connectivity index (χ2n) is 2.34. The molecule has 0 aromatic heterocycles. The van der Waals surface area contributed by atoms with Crippen LogP contribution in [0, 0.1) is 12.3 Å². The summed E-state index contributed by atoms with van der Waals surface area (Å²) in [5, 5.41) is 10.3. The van der Waals surface area contributed by atoms with Crippen LogP contribution in [0.25, 0.3) is 0 Å². The molecule has 0 radical (unpaired) electrons. The van der Waals surface area contributed by atoms with Gasteiger partial charge >= 0.3 is 0 Å². The summed E-state index contributed by atoms with van der Waals surface area (Å²) in [6, 6.07) is -0.0289. The maximum absolute atomic E-state index is 9.06. The summed E-state index contributed by atoms with van der Waals surface area (Å²) >= 11 is 0. The van der Waals surface area contributed by atoms with E-state index in [2.05, 4.69) is 5.92 Å². The fourth-order valence-corrected chi connectivity index (χ4v) is 1.09. The number of rotatable bonds is 0. The first-order valence-electron chi connectivity index (χ1n) is 3.26. The maximum Gasteiger partial charge on any atom is 0.0953 e. The lowest BCUT2D eigenvalue weighted by Crippen LogP contribution is -2.35. The van der Waals surface area contributed by atoms with Gasteiger partial charge in [-0.05, 0) is 19.3 Å². The van der Waals surface area contributed by atoms with Gasteiger partial charge in [0.15, 0.2) is 0 Å². The first-order chi connectivity index (χ1) is 4.34. The second-order valence-corrected chi connectivity index (χ2v) is 2.34. The van der Waals surface area contributed by atoms with Crippen molar-refractivity contribution in [1.29, 1.82) is 0 Å². The molecule has 1 atom stereocenters. The molecule has 50 valence electrons. The van der Waals surface area contributed by atoms with Gasteiger partial charge in [0.1, 0.15) is 0 Å². The molecule has 1 rings (SSSR count). The molecule has 1 aliphatic heterocycles. The second kappa shape index (κ2) is 2.86. The number of hydrogen-bond acceptors (Lipinski definition) is 2. The van der Waals surface area contributed by atoms with Crippen LogP contribution >= 0.6 is 0 Å². The highest BCUT2D eigenvalue weighted by Crippen LogP contribution is 2.12. The molecule has 1 aliphatic rings. The number of nitrogens with zero attached hydrogens (tertiary/aromatic N) is 1. The van der Waals surface area contributed by atoms with Gasteiger partial charge in [-0.3, -0.25) is 0 Å². The Labute approximate surface area is 55.4 Å². The Morgan fingerprint density at radius 3 is 2.78 bits per heavy atom. The van der Waals surface area contributed by atoms with E-state index in [0.29, 0.717) is 0 Å². The number of terminal acetylenes is 1. The maximum atomic E-state index is 9.06. The largest absolute Gasteiger partial charge is 0.313 e. The van der Waals surface area contributed by atoms with Crippen LogP contribution in [0.4, 0.5) is 0 Å². The van der Waals surface area contributed by atoms with E-state index < -0.39 is 0 Å². The van der Waals surface area contributed by atoms with E-state index in [1.807, 2.05) is 0 Å². The fraction of sp³-hybridized carbons (Fsp3) is 0.714. The summed E-state index contributed by atoms with van der Waals surface area (Å²) in [7, 11) is 0. The molecule has 1 heterocycles. The van der Waals surface area contributed by atoms with Crippen LogP contribution in [0.5, 0.6) is 0 Å². The molecule has 0 amide bonds. The zero-order valence-electron chi connectivity index (χ0n) is 5.38. The Bertz CT molecular complexity index is 127. The van der Waals surface area contributed by atoms with Crippen LogP contribution in [-0.4, -0.2) is 22.9 Å². The summed E-state index contributed by atoms with van der Waals surface area (Å²) < 4.78 is 0. The molecular weight excluding hydrogens is 114 g/mol. The summed E-state index contributed by atoms with van der Waals surface area (Å²) in [6.45, 7) is 0.731. The van der Waals surface area contributed by atoms with Gasteiger partial charge in [-0.15, -0.1) is 6.42 Å². The van der Waals surface area contributed by atoms with Gasteiger partial charge in [0.2, 0.25) is 0 Å². The average Bonchev–Trinajstić information content (AvgIpc) is 1.89. The Kier molecular flexibility index (Phi) is 2.10. The van der Waals surface area contributed by atoms with Gasteiger partial charge in [0, 0.05) is 6.54 Å². The van der Waals surface area contributed by atoms with Crippen LogP contribution in [-0.2, 0) is 0 Å². The Morgan fingerprint density at radius 1 is 1.56 bits per heavy atom. The van der Waals surface area contributed by atoms with Crippen molar-refractivity contribution in [3.63, 3.8) is 0 Å². The Balaban J connectivity index is 2.41. The SMILES string of the molecule is C#CC1CCCCN1O. The van der Waals surface area contributed by atoms with Crippen LogP contribution in [0.15, 0.2) is 0 Å². The summed E-state index contributed by atoms with van der Waals surface area (Å²) in [6.07, 6.45) is 8.29. The van der Waals surface area contributed by atoms with Crippen molar-refractivity contribution in [3.8, 4) is 12.3 Å². The molecule has 1 N–H and O–H groups in total. The molecule has 0 aliphatic carbocycles. The van der Waals surface area contributed by atoms with Crippen molar-refractivity contribution >= 4 is 0 Å². The van der Waals surface area contributed by atoms with Crippen molar-refractivity contribution < 1.29 is 5.21 Å². The Hall–Kier alpha value is -0.520. The molecule has 0 aromatic carbocycles. The third-order valence-electron chi connectivity index (χ3n) is 1.67. The monoisotopic (exact) mass is 125 g/mol. The van der Waals surface area contributed by atoms with Crippen molar-refractivity contribution in [2.24, 2.45) is 0 Å². The molecule has 0 bridgehead atoms. The molecule has 9 heavy (non-hydrogen) atoms. The van der Waals surface area contributed by atoms with Crippen molar-refractivity contribution in [1.82, 2.24) is 5.06 Å². The lowest BCUT2D eigenvalue weighted by atomic mass is 10.1. The summed E-state index contributed by atoms with van der Waals surface area (Å²) in [4.78, 5) is 0. The molecule has 2 heteroatoms. The zero-order chi connectivity index (χ0) is 6.69. The molecule has 0 spiro atoms. The van der Waals surface area contributed by atoms with Crippen LogP contribution in [0.2, 0.25) is 0 Å². The van der Waals surface area contributed by atoms with Gasteiger partial charge in [-0.25, -0.2) is 0 Å². The van der Waals surface area contributed by atoms with Gasteiger partial charge in [0.25, 0.3) is 0 Å². The number of hydrogen-bond donors (Lipinski definition) is 1. The number of hydroxylamine groups is 2. The summed E-state index contributed by atoms with van der Waals surface area (Å²) in [5.74, 6) is 2.53. The highest BCUT2D eigenvalue weighted by Gasteiger charge is 2.17. The standard InChI is InChI=1S/C7H11NO/c1-2-7-5-3-4-6-8(7)9/h1,7,9H,3-6H2. The average molecular weight is 125 g/mol. The molecule has 1 fully saturated rings. The van der Waals surface area contributed by atoms with Gasteiger partial charge in [-0.2, -0.15) is 5.06 Å². The highest BCUT2D eigenvalue weighted by atomic mass is 16.5. The third-order valence-corrected chi connectivity index (χ3v) is 1.67. The molecule has 2 nitrogen and oxygen atoms in total. The minimum atomic E-state index is -0.0289. The van der Waals surface area contributed by atoms with E-state index in [1.54, 1.807) is 0 Å². The first kappa shape index (κ1) is 6.60. The topological polar surface area (TPSA) is 23.5 Å². The van der Waals surface area contributed by atoms with Gasteiger partial charge in [-0.1, -0.05) is 5.92 Å². The lowest BCUT2D eigenvalue weighted by Gasteiger charge is -2.25. The molecule has 1 unspecified atom stereocenters. The summed E-state index contributed by atoms with van der Waals surface area (Å²) in [5.41, 5.74) is 0. The number of piperidine rings is 1. The Morgan fingerprint density at radius 2 is 2.33 bits per heavy atom. The van der Waals surface area contributed by atoms with Crippen molar-refractivity contribution in [3.05, 3.63) is 0 Å². The van der Waals surface area contributed by atoms with E-state index in [4.69, 9.17) is 11.6 Å². The first-order valence-corrected chi connectivity index (χ1v) is 3.26. The van der Waals surface area contributed by atoms with Crippen LogP contribution in [0.3, 0.4) is 0 Å². The predicted octanol–water partition coefficient (Wildman–Crippen LogP) is 0.863. The van der Waals surface area contributed by atoms with Crippen molar-refractivity contribution in [2.45, 2.75) is 25.3 Å². The fourth-order valence-electron chi connectivity index (χ4n) is 1.09. The smallest absolute Gasteiger partial charge is 0.0953 e. The van der Waals surface area contributed by atoms with Gasteiger partial charge in [0.05, 0.1) is 6.04 Å². The van der Waals surface area contributed by atoms with Crippen LogP contribution < -0.4 is 0 Å². The molecule has 0 saturated carbocycles. The van der Waals surface area contributed by atoms with Gasteiger partial charge < -0.3 is 5.21 Å². The molecule has 0 aromatic rings. The predicted molar refractivity (Wildman–Crippen MR) is 35.0 cm³/mol. The minimum absolute atomic E-state index is 0.0289. The normalized spacial score (nSPS) is 29.6. The zero-order valence-corrected chi connectivity index (χ0v) is 5.38. The van der Waals surface area contributed by atoms with E-state index in [0.717, 1.165) is 25.8 Å². The van der Waals surface area contributed by atoms with E-state index in [9.17, 15) is 0 Å². The third kappa shape index (κ3) is 1.44. The van der Waals surface area contributed by atoms with E-state index >= 15 is 0 Å².